The van der Waals surface area contributed by atoms with Gasteiger partial charge in [-0.3, -0.25) is 4.79 Å². The minimum atomic E-state index is 0.0877. The van der Waals surface area contributed by atoms with Crippen molar-refractivity contribution in [1.82, 2.24) is 4.57 Å². The number of carbonyl (C=O) groups excluding carboxylic acids is 1. The van der Waals surface area contributed by atoms with Crippen molar-refractivity contribution in [2.45, 2.75) is 25.9 Å². The van der Waals surface area contributed by atoms with Gasteiger partial charge in [0.2, 0.25) is 5.78 Å². The Bertz CT molecular complexity index is 996. The third-order valence-electron chi connectivity index (χ3n) is 4.69. The van der Waals surface area contributed by atoms with Crippen molar-refractivity contribution >= 4 is 44.9 Å². The molecule has 0 saturated heterocycles. The van der Waals surface area contributed by atoms with Gasteiger partial charge in [-0.1, -0.05) is 51.3 Å². The van der Waals surface area contributed by atoms with Crippen molar-refractivity contribution in [1.29, 1.82) is 0 Å². The summed E-state index contributed by atoms with van der Waals surface area (Å²) in [4.78, 5) is 12.8. The predicted octanol–water partition coefficient (Wildman–Crippen LogP) is 5.34. The summed E-state index contributed by atoms with van der Waals surface area (Å²) in [6, 6.07) is 13.1. The van der Waals surface area contributed by atoms with Crippen LogP contribution in [0.4, 0.5) is 0 Å². The smallest absolute Gasteiger partial charge is 0.257 e. The molecule has 0 radical (unpaired) electrons. The Morgan fingerprint density at radius 3 is 2.62 bits per heavy atom. The molecule has 0 aliphatic carbocycles. The third kappa shape index (κ3) is 3.34. The van der Waals surface area contributed by atoms with E-state index in [2.05, 4.69) is 31.3 Å². The molecule has 0 atom stereocenters. The van der Waals surface area contributed by atoms with Gasteiger partial charge in [0.1, 0.15) is 6.20 Å². The van der Waals surface area contributed by atoms with E-state index in [0.29, 0.717) is 22.2 Å². The molecule has 0 amide bonds. The highest BCUT2D eigenvalue weighted by atomic mass is 79.9. The molecule has 2 aromatic carbocycles. The fourth-order valence-corrected chi connectivity index (χ4v) is 3.96. The number of aromatic nitrogens is 2. The summed E-state index contributed by atoms with van der Waals surface area (Å²) in [5.74, 6) is 1.27. The van der Waals surface area contributed by atoms with E-state index >= 15 is 0 Å². The number of fused-ring (bicyclic) bond motifs is 1. The molecule has 1 aliphatic heterocycles. The molecule has 0 fully saturated rings. The van der Waals surface area contributed by atoms with E-state index in [4.69, 9.17) is 23.2 Å². The summed E-state index contributed by atoms with van der Waals surface area (Å²) in [5, 5.41) is 1.04. The SMILES string of the molecule is O=C(Cn1c(-c2ccc(Cl)c(Cl)c2)c[n+]2c1CCC2)c1ccc(Br)cc1. The first kappa shape index (κ1) is 17.8. The number of carbonyl (C=O) groups is 1. The number of nitrogens with zero attached hydrogens (tertiary/aromatic N) is 2. The van der Waals surface area contributed by atoms with Gasteiger partial charge in [-0.25, -0.2) is 9.13 Å². The second-order valence-corrected chi connectivity index (χ2v) is 8.10. The molecule has 0 spiro atoms. The quantitative estimate of drug-likeness (QED) is 0.389. The zero-order valence-corrected chi connectivity index (χ0v) is 17.0. The second-order valence-electron chi connectivity index (χ2n) is 6.37. The summed E-state index contributed by atoms with van der Waals surface area (Å²) in [6.07, 6.45) is 4.18. The summed E-state index contributed by atoms with van der Waals surface area (Å²) < 4.78 is 5.30. The maximum Gasteiger partial charge on any atom is 0.257 e. The highest BCUT2D eigenvalue weighted by molar-refractivity contribution is 9.10. The van der Waals surface area contributed by atoms with Gasteiger partial charge < -0.3 is 0 Å². The Morgan fingerprint density at radius 2 is 1.88 bits per heavy atom. The lowest BCUT2D eigenvalue weighted by atomic mass is 10.1. The molecular formula is C20H16BrCl2N2O+. The lowest BCUT2D eigenvalue weighted by Crippen LogP contribution is -2.31. The highest BCUT2D eigenvalue weighted by Gasteiger charge is 2.29. The van der Waals surface area contributed by atoms with E-state index in [1.54, 1.807) is 6.07 Å². The summed E-state index contributed by atoms with van der Waals surface area (Å²) in [7, 11) is 0. The number of rotatable bonds is 4. The zero-order chi connectivity index (χ0) is 18.3. The Morgan fingerprint density at radius 1 is 1.12 bits per heavy atom. The van der Waals surface area contributed by atoms with Crippen molar-refractivity contribution < 1.29 is 9.36 Å². The van der Waals surface area contributed by atoms with Crippen LogP contribution in [0, 0.1) is 0 Å². The van der Waals surface area contributed by atoms with Gasteiger partial charge in [-0.2, -0.15) is 0 Å². The van der Waals surface area contributed by atoms with Crippen molar-refractivity contribution in [3.8, 4) is 11.3 Å². The third-order valence-corrected chi connectivity index (χ3v) is 5.96. The van der Waals surface area contributed by atoms with Gasteiger partial charge >= 0.3 is 0 Å². The molecule has 4 rings (SSSR count). The van der Waals surface area contributed by atoms with Crippen molar-refractivity contribution in [3.05, 3.63) is 74.6 Å². The molecule has 3 aromatic rings. The van der Waals surface area contributed by atoms with Crippen molar-refractivity contribution in [2.24, 2.45) is 0 Å². The molecule has 0 N–H and O–H groups in total. The number of benzene rings is 2. The summed E-state index contributed by atoms with van der Waals surface area (Å²) >= 11 is 15.7. The topological polar surface area (TPSA) is 25.9 Å². The maximum atomic E-state index is 12.8. The number of halogens is 3. The number of ketones is 1. The van der Waals surface area contributed by atoms with Crippen LogP contribution in [0.25, 0.3) is 11.3 Å². The number of imidazole rings is 1. The Hall–Kier alpha value is -1.62. The molecule has 3 nitrogen and oxygen atoms in total. The number of Topliss-reactive ketones (excluding diaryl/α,β-unsaturated/α-hetero) is 1. The largest absolute Gasteiger partial charge is 0.290 e. The number of hydrogen-bond donors (Lipinski definition) is 0. The van der Waals surface area contributed by atoms with Crippen LogP contribution in [0.15, 0.2) is 53.1 Å². The first-order valence-electron chi connectivity index (χ1n) is 8.39. The van der Waals surface area contributed by atoms with Gasteiger partial charge in [0.25, 0.3) is 5.82 Å². The molecule has 1 aromatic heterocycles. The number of hydrogen-bond acceptors (Lipinski definition) is 1. The Balaban J connectivity index is 1.74. The Kier molecular flexibility index (Phi) is 4.91. The van der Waals surface area contributed by atoms with Crippen LogP contribution in [0.2, 0.25) is 10.0 Å². The second kappa shape index (κ2) is 7.18. The molecule has 0 unspecified atom stereocenters. The fraction of sp³-hybridized carbons (Fsp3) is 0.200. The standard InChI is InChI=1S/C20H16BrCl2N2O/c21-15-6-3-13(4-7-15)19(26)12-25-18(11-24-9-1-2-20(24)25)14-5-8-16(22)17(23)10-14/h3-8,10-11H,1-2,9,12H2/q+1. The molecule has 0 bridgehead atoms. The van der Waals surface area contributed by atoms with E-state index in [9.17, 15) is 4.79 Å². The van der Waals surface area contributed by atoms with E-state index in [-0.39, 0.29) is 5.78 Å². The molecule has 2 heterocycles. The van der Waals surface area contributed by atoms with E-state index in [1.165, 1.54) is 5.82 Å². The van der Waals surface area contributed by atoms with Gasteiger partial charge in [0.15, 0.2) is 12.2 Å². The average molecular weight is 451 g/mol. The van der Waals surface area contributed by atoms with E-state index < -0.39 is 0 Å². The lowest BCUT2D eigenvalue weighted by Gasteiger charge is -2.06. The van der Waals surface area contributed by atoms with Gasteiger partial charge in [0, 0.05) is 15.6 Å². The normalized spacial score (nSPS) is 13.0. The highest BCUT2D eigenvalue weighted by Crippen LogP contribution is 2.30. The first-order chi connectivity index (χ1) is 12.5. The van der Waals surface area contributed by atoms with Crippen LogP contribution in [-0.4, -0.2) is 10.4 Å². The van der Waals surface area contributed by atoms with Crippen LogP contribution in [0.1, 0.15) is 22.6 Å². The van der Waals surface area contributed by atoms with E-state index in [1.807, 2.05) is 36.4 Å². The molecule has 26 heavy (non-hydrogen) atoms. The number of aryl methyl sites for hydroxylation is 1. The molecule has 132 valence electrons. The van der Waals surface area contributed by atoms with Gasteiger partial charge in [-0.05, 0) is 36.8 Å². The van der Waals surface area contributed by atoms with Crippen LogP contribution in [-0.2, 0) is 19.5 Å². The Labute approximate surface area is 170 Å². The van der Waals surface area contributed by atoms with E-state index in [0.717, 1.165) is 35.1 Å². The fourth-order valence-electron chi connectivity index (χ4n) is 3.40. The van der Waals surface area contributed by atoms with Gasteiger partial charge in [-0.15, -0.1) is 0 Å². The van der Waals surface area contributed by atoms with Crippen LogP contribution < -0.4 is 4.57 Å². The lowest BCUT2D eigenvalue weighted by molar-refractivity contribution is -0.690. The predicted molar refractivity (Wildman–Crippen MR) is 107 cm³/mol. The average Bonchev–Trinajstić information content (AvgIpc) is 3.20. The van der Waals surface area contributed by atoms with Crippen LogP contribution >= 0.6 is 39.1 Å². The first-order valence-corrected chi connectivity index (χ1v) is 9.94. The maximum absolute atomic E-state index is 12.8. The molecular weight excluding hydrogens is 435 g/mol. The molecule has 0 saturated carbocycles. The molecule has 6 heteroatoms. The monoisotopic (exact) mass is 449 g/mol. The van der Waals surface area contributed by atoms with Gasteiger partial charge in [0.05, 0.1) is 23.0 Å². The summed E-state index contributed by atoms with van der Waals surface area (Å²) in [5.41, 5.74) is 2.66. The van der Waals surface area contributed by atoms with Crippen LogP contribution in [0.5, 0.6) is 0 Å². The molecule has 1 aliphatic rings. The zero-order valence-electron chi connectivity index (χ0n) is 13.9. The summed E-state index contributed by atoms with van der Waals surface area (Å²) in [6.45, 7) is 1.28. The minimum Gasteiger partial charge on any atom is -0.290 e. The van der Waals surface area contributed by atoms with Crippen molar-refractivity contribution in [3.63, 3.8) is 0 Å². The van der Waals surface area contributed by atoms with Crippen LogP contribution in [0.3, 0.4) is 0 Å². The van der Waals surface area contributed by atoms with Crippen molar-refractivity contribution in [2.75, 3.05) is 0 Å². The minimum absolute atomic E-state index is 0.0877.